The summed E-state index contributed by atoms with van der Waals surface area (Å²) < 4.78 is 19.9. The lowest BCUT2D eigenvalue weighted by molar-refractivity contribution is -0.268. The van der Waals surface area contributed by atoms with E-state index < -0.39 is 18.3 Å². The highest BCUT2D eigenvalue weighted by Gasteiger charge is 2.38. The zero-order valence-corrected chi connectivity index (χ0v) is 29.2. The van der Waals surface area contributed by atoms with Crippen molar-refractivity contribution >= 4 is 23.8 Å². The molecule has 264 valence electrons. The molecule has 0 unspecified atom stereocenters. The van der Waals surface area contributed by atoms with Gasteiger partial charge in [0.25, 0.3) is 0 Å². The Balaban J connectivity index is 1.16. The summed E-state index contributed by atoms with van der Waals surface area (Å²) >= 11 is 1.53. The van der Waals surface area contributed by atoms with Gasteiger partial charge in [0.1, 0.15) is 6.54 Å². The molecule has 2 amide bonds. The van der Waals surface area contributed by atoms with Crippen molar-refractivity contribution in [1.29, 1.82) is 0 Å². The lowest BCUT2D eigenvalue weighted by Gasteiger charge is -2.41. The van der Waals surface area contributed by atoms with Crippen LogP contribution in [0.5, 0.6) is 0 Å². The van der Waals surface area contributed by atoms with E-state index in [-0.39, 0.29) is 37.9 Å². The number of hydrogen-bond donors (Lipinski definition) is 3. The van der Waals surface area contributed by atoms with Crippen LogP contribution in [0.1, 0.15) is 48.5 Å². The minimum Gasteiger partial charge on any atom is -0.465 e. The van der Waals surface area contributed by atoms with Gasteiger partial charge < -0.3 is 30.0 Å². The number of hydrogen-bond acceptors (Lipinski definition) is 10. The average molecular weight is 709 g/mol. The normalized spacial score (nSPS) is 18.6. The number of urea groups is 1. The maximum Gasteiger partial charge on any atom is 0.325 e. The molecule has 4 atom stereocenters. The summed E-state index contributed by atoms with van der Waals surface area (Å²) in [6.07, 6.45) is -1.08. The van der Waals surface area contributed by atoms with Crippen LogP contribution in [0.2, 0.25) is 0 Å². The summed E-state index contributed by atoms with van der Waals surface area (Å²) in [5, 5.41) is 27.9. The molecule has 2 heterocycles. The molecule has 5 aromatic rings. The fourth-order valence-corrected chi connectivity index (χ4v) is 6.82. The number of carbonyl (C=O) groups is 2. The monoisotopic (exact) mass is 708 g/mol. The van der Waals surface area contributed by atoms with E-state index in [2.05, 4.69) is 33.1 Å². The first kappa shape index (κ1) is 35.7. The van der Waals surface area contributed by atoms with Crippen molar-refractivity contribution in [3.05, 3.63) is 125 Å². The Morgan fingerprint density at radius 3 is 2.39 bits per heavy atom. The molecule has 1 aliphatic heterocycles. The van der Waals surface area contributed by atoms with Crippen LogP contribution < -0.4 is 10.6 Å². The van der Waals surface area contributed by atoms with Gasteiger partial charge in [-0.15, -0.1) is 5.10 Å². The minimum absolute atomic E-state index is 0.00218. The van der Waals surface area contributed by atoms with Crippen LogP contribution in [0.4, 0.5) is 4.79 Å². The van der Waals surface area contributed by atoms with Gasteiger partial charge in [-0.05, 0) is 63.4 Å². The van der Waals surface area contributed by atoms with E-state index in [4.69, 9.17) is 14.2 Å². The molecule has 51 heavy (non-hydrogen) atoms. The number of nitrogens with one attached hydrogen (secondary N) is 2. The van der Waals surface area contributed by atoms with Crippen molar-refractivity contribution in [2.75, 3.05) is 18.9 Å². The van der Waals surface area contributed by atoms with Crippen LogP contribution in [0.15, 0.2) is 108 Å². The minimum atomic E-state index is -0.628. The number of ether oxygens (including phenoxy) is 3. The molecular formula is C38H40N6O6S. The van der Waals surface area contributed by atoms with E-state index in [1.165, 1.54) is 11.8 Å². The number of carbonyl (C=O) groups excluding carboxylic acids is 2. The van der Waals surface area contributed by atoms with Crippen molar-refractivity contribution < 1.29 is 28.9 Å². The molecule has 3 N–H and O–H groups in total. The van der Waals surface area contributed by atoms with E-state index in [9.17, 15) is 14.7 Å². The number of thioether (sulfide) groups is 1. The van der Waals surface area contributed by atoms with Crippen LogP contribution in [0.3, 0.4) is 0 Å². The number of esters is 1. The quantitative estimate of drug-likeness (QED) is 0.102. The van der Waals surface area contributed by atoms with E-state index >= 15 is 0 Å². The van der Waals surface area contributed by atoms with Crippen LogP contribution in [0, 0.1) is 5.92 Å². The van der Waals surface area contributed by atoms with Crippen LogP contribution in [-0.4, -0.2) is 62.3 Å². The topological polar surface area (TPSA) is 150 Å². The lowest BCUT2D eigenvalue weighted by Crippen LogP contribution is -2.38. The average Bonchev–Trinajstić information content (AvgIpc) is 3.65. The SMILES string of the molecule is CCOC(=O)CNC(=O)NCc1cccc(-c2ccc([C@H]3O[C@@H](CSc4nnnn4-c4ccccc4)[C@@H](C)[C@@H](c4ccc(CO)cc4)O3)cc2)c1. The molecule has 0 spiro atoms. The number of nitrogens with zero attached hydrogens (tertiary/aromatic N) is 4. The number of aliphatic hydroxyl groups is 1. The fourth-order valence-electron chi connectivity index (χ4n) is 5.77. The molecular weight excluding hydrogens is 669 g/mol. The summed E-state index contributed by atoms with van der Waals surface area (Å²) in [6, 6.07) is 33.1. The molecule has 12 nitrogen and oxygen atoms in total. The number of tetrazole rings is 1. The largest absolute Gasteiger partial charge is 0.465 e. The third-order valence-electron chi connectivity index (χ3n) is 8.54. The molecule has 1 fully saturated rings. The first-order valence-electron chi connectivity index (χ1n) is 16.8. The summed E-state index contributed by atoms with van der Waals surface area (Å²) in [7, 11) is 0. The van der Waals surface area contributed by atoms with E-state index in [0.29, 0.717) is 17.5 Å². The molecule has 1 saturated heterocycles. The van der Waals surface area contributed by atoms with Crippen molar-refractivity contribution in [3.8, 4) is 16.8 Å². The molecule has 0 bridgehead atoms. The summed E-state index contributed by atoms with van der Waals surface area (Å²) in [5.74, 6) is 0.108. The van der Waals surface area contributed by atoms with Gasteiger partial charge in [0.2, 0.25) is 5.16 Å². The number of benzene rings is 4. The Morgan fingerprint density at radius 2 is 1.65 bits per heavy atom. The smallest absolute Gasteiger partial charge is 0.325 e. The fraction of sp³-hybridized carbons (Fsp3) is 0.289. The molecule has 0 aliphatic carbocycles. The predicted molar refractivity (Wildman–Crippen MR) is 192 cm³/mol. The van der Waals surface area contributed by atoms with Crippen molar-refractivity contribution in [2.45, 2.75) is 50.7 Å². The van der Waals surface area contributed by atoms with Crippen molar-refractivity contribution in [1.82, 2.24) is 30.8 Å². The number of aromatic nitrogens is 4. The second-order valence-electron chi connectivity index (χ2n) is 12.0. The van der Waals surface area contributed by atoms with Crippen LogP contribution in [0.25, 0.3) is 16.8 Å². The number of amides is 2. The van der Waals surface area contributed by atoms with Gasteiger partial charge in [-0.25, -0.2) is 4.79 Å². The molecule has 0 saturated carbocycles. The summed E-state index contributed by atoms with van der Waals surface area (Å²) in [6.45, 7) is 4.17. The van der Waals surface area contributed by atoms with Gasteiger partial charge in [-0.1, -0.05) is 104 Å². The van der Waals surface area contributed by atoms with Crippen LogP contribution >= 0.6 is 11.8 Å². The maximum absolute atomic E-state index is 12.2. The van der Waals surface area contributed by atoms with E-state index in [1.54, 1.807) is 11.6 Å². The molecule has 13 heteroatoms. The highest BCUT2D eigenvalue weighted by Crippen LogP contribution is 2.43. The molecule has 6 rings (SSSR count). The van der Waals surface area contributed by atoms with Crippen molar-refractivity contribution in [3.63, 3.8) is 0 Å². The molecule has 1 aliphatic rings. The zero-order valence-electron chi connectivity index (χ0n) is 28.3. The Labute approximate surface area is 300 Å². The third-order valence-corrected chi connectivity index (χ3v) is 9.54. The summed E-state index contributed by atoms with van der Waals surface area (Å²) in [4.78, 5) is 23.7. The highest BCUT2D eigenvalue weighted by atomic mass is 32.2. The van der Waals surface area contributed by atoms with Gasteiger partial charge in [0.15, 0.2) is 6.29 Å². The summed E-state index contributed by atoms with van der Waals surface area (Å²) in [5.41, 5.74) is 6.49. The molecule has 1 aromatic heterocycles. The number of rotatable bonds is 13. The van der Waals surface area contributed by atoms with Gasteiger partial charge in [-0.3, -0.25) is 4.79 Å². The molecule has 0 radical (unpaired) electrons. The van der Waals surface area contributed by atoms with Gasteiger partial charge >= 0.3 is 12.0 Å². The van der Waals surface area contributed by atoms with Crippen molar-refractivity contribution in [2.24, 2.45) is 5.92 Å². The maximum atomic E-state index is 12.2. The predicted octanol–water partition coefficient (Wildman–Crippen LogP) is 5.77. The van der Waals surface area contributed by atoms with Gasteiger partial charge in [0, 0.05) is 23.8 Å². The second kappa shape index (κ2) is 17.2. The first-order valence-corrected chi connectivity index (χ1v) is 17.7. The lowest BCUT2D eigenvalue weighted by atomic mass is 9.91. The van der Waals surface area contributed by atoms with E-state index in [1.807, 2.05) is 103 Å². The first-order chi connectivity index (χ1) is 24.9. The zero-order chi connectivity index (χ0) is 35.6. The Morgan fingerprint density at radius 1 is 0.882 bits per heavy atom. The Hall–Kier alpha value is -5.08. The number of aliphatic hydroxyl groups excluding tert-OH is 1. The van der Waals surface area contributed by atoms with Gasteiger partial charge in [-0.2, -0.15) is 4.68 Å². The third kappa shape index (κ3) is 9.18. The standard InChI is InChI=1S/C38H40N6O6S/c1-3-48-34(46)22-40-37(47)39-21-27-8-7-9-31(20-27)28-16-18-30(19-17-28)36-49-33(25(2)35(50-36)29-14-12-26(23-45)13-15-29)24-51-38-41-42-43-44(38)32-10-5-4-6-11-32/h4-20,25,33,35-36,45H,3,21-24H2,1-2H3,(H2,39,40,47)/t25-,33+,35+,36+/m1/s1. The van der Waals surface area contributed by atoms with Gasteiger partial charge in [0.05, 0.1) is 31.1 Å². The van der Waals surface area contributed by atoms with Crippen LogP contribution in [-0.2, 0) is 32.2 Å². The molecule has 4 aromatic carbocycles. The Kier molecular flexibility index (Phi) is 12.1. The Bertz CT molecular complexity index is 1890. The van der Waals surface area contributed by atoms with E-state index in [0.717, 1.165) is 39.1 Å². The number of para-hydroxylation sites is 1. The second-order valence-corrected chi connectivity index (χ2v) is 13.0. The highest BCUT2D eigenvalue weighted by molar-refractivity contribution is 7.99.